The molecule has 1 aliphatic rings. The number of carbonyl (C=O) groups excluding carboxylic acids is 2. The van der Waals surface area contributed by atoms with Crippen LogP contribution in [0.3, 0.4) is 0 Å². The molecule has 33 heavy (non-hydrogen) atoms. The second-order valence-corrected chi connectivity index (χ2v) is 7.65. The van der Waals surface area contributed by atoms with Gasteiger partial charge in [0.15, 0.2) is 0 Å². The minimum Gasteiger partial charge on any atom is -0.494 e. The third-order valence-electron chi connectivity index (χ3n) is 5.63. The third-order valence-corrected chi connectivity index (χ3v) is 5.63. The van der Waals surface area contributed by atoms with Crippen LogP contribution in [-0.2, 0) is 16.0 Å². The average molecular weight is 442 g/mol. The van der Waals surface area contributed by atoms with Crippen molar-refractivity contribution < 1.29 is 14.3 Å². The Bertz CT molecular complexity index is 1160. The average Bonchev–Trinajstić information content (AvgIpc) is 3.11. The molecule has 0 radical (unpaired) electrons. The normalized spacial score (nSPS) is 13.6. The second kappa shape index (κ2) is 10.1. The number of aromatic nitrogens is 1. The van der Waals surface area contributed by atoms with Crippen LogP contribution in [-0.4, -0.2) is 41.4 Å². The number of ether oxygens (including phenoxy) is 1. The fourth-order valence-electron chi connectivity index (χ4n) is 4.03. The molecular formula is C27H27N3O3. The number of carbonyl (C=O) groups is 2. The molecule has 6 heteroatoms. The number of rotatable bonds is 9. The molecule has 2 heterocycles. The van der Waals surface area contributed by atoms with Crippen LogP contribution in [0.25, 0.3) is 5.57 Å². The summed E-state index contributed by atoms with van der Waals surface area (Å²) in [6.07, 6.45) is 4.26. The smallest absolute Gasteiger partial charge is 0.282 e. The SMILES string of the molecule is CCOc1cccc(N2C(=O)C(c3ccccc3)=C(N(CC)CCc3ccncc3)C2=O)c1. The maximum Gasteiger partial charge on any atom is 0.282 e. The molecule has 1 aromatic heterocycles. The summed E-state index contributed by atoms with van der Waals surface area (Å²) in [7, 11) is 0. The summed E-state index contributed by atoms with van der Waals surface area (Å²) in [4.78, 5) is 34.7. The van der Waals surface area contributed by atoms with Crippen molar-refractivity contribution in [3.63, 3.8) is 0 Å². The minimum atomic E-state index is -0.322. The molecule has 0 spiro atoms. The van der Waals surface area contributed by atoms with Crippen molar-refractivity contribution in [2.24, 2.45) is 0 Å². The van der Waals surface area contributed by atoms with Crippen LogP contribution in [0.5, 0.6) is 5.75 Å². The number of hydrogen-bond acceptors (Lipinski definition) is 5. The molecule has 168 valence electrons. The van der Waals surface area contributed by atoms with Gasteiger partial charge in [-0.2, -0.15) is 0 Å². The second-order valence-electron chi connectivity index (χ2n) is 7.65. The van der Waals surface area contributed by atoms with Gasteiger partial charge >= 0.3 is 0 Å². The Morgan fingerprint density at radius 3 is 2.36 bits per heavy atom. The van der Waals surface area contributed by atoms with Gasteiger partial charge in [-0.1, -0.05) is 36.4 Å². The predicted molar refractivity (Wildman–Crippen MR) is 129 cm³/mol. The highest BCUT2D eigenvalue weighted by Gasteiger charge is 2.42. The number of anilines is 1. The van der Waals surface area contributed by atoms with E-state index in [-0.39, 0.29) is 11.8 Å². The molecule has 1 aliphatic heterocycles. The minimum absolute atomic E-state index is 0.316. The Morgan fingerprint density at radius 2 is 1.67 bits per heavy atom. The lowest BCUT2D eigenvalue weighted by atomic mass is 10.0. The van der Waals surface area contributed by atoms with E-state index < -0.39 is 0 Å². The summed E-state index contributed by atoms with van der Waals surface area (Å²) < 4.78 is 5.59. The molecule has 0 bridgehead atoms. The monoisotopic (exact) mass is 441 g/mol. The lowest BCUT2D eigenvalue weighted by Gasteiger charge is -2.25. The largest absolute Gasteiger partial charge is 0.494 e. The highest BCUT2D eigenvalue weighted by atomic mass is 16.5. The molecular weight excluding hydrogens is 414 g/mol. The van der Waals surface area contributed by atoms with Crippen molar-refractivity contribution >= 4 is 23.1 Å². The molecule has 0 saturated heterocycles. The van der Waals surface area contributed by atoms with Gasteiger partial charge in [-0.25, -0.2) is 4.90 Å². The molecule has 0 atom stereocenters. The van der Waals surface area contributed by atoms with Crippen LogP contribution in [0.1, 0.15) is 25.0 Å². The summed E-state index contributed by atoms with van der Waals surface area (Å²) in [5, 5.41) is 0. The van der Waals surface area contributed by atoms with Gasteiger partial charge in [0, 0.05) is 31.5 Å². The fraction of sp³-hybridized carbons (Fsp3) is 0.222. The fourth-order valence-corrected chi connectivity index (χ4v) is 4.03. The molecule has 0 fully saturated rings. The van der Waals surface area contributed by atoms with E-state index in [9.17, 15) is 9.59 Å². The molecule has 4 rings (SSSR count). The Labute approximate surface area is 194 Å². The number of hydrogen-bond donors (Lipinski definition) is 0. The number of benzene rings is 2. The van der Waals surface area contributed by atoms with E-state index >= 15 is 0 Å². The molecule has 0 aliphatic carbocycles. The van der Waals surface area contributed by atoms with E-state index in [4.69, 9.17) is 4.74 Å². The zero-order chi connectivity index (χ0) is 23.2. The van der Waals surface area contributed by atoms with Gasteiger partial charge in [0.1, 0.15) is 11.4 Å². The number of pyridine rings is 1. The standard InChI is InChI=1S/C27H27N3O3/c1-3-29(18-15-20-13-16-28-17-14-20)25-24(21-9-6-5-7-10-21)26(31)30(27(25)32)22-11-8-12-23(19-22)33-4-2/h5-14,16-17,19H,3-4,15,18H2,1-2H3. The van der Waals surface area contributed by atoms with Gasteiger partial charge in [-0.15, -0.1) is 0 Å². The Kier molecular flexibility index (Phi) is 6.83. The van der Waals surface area contributed by atoms with E-state index in [1.54, 1.807) is 30.6 Å². The maximum absolute atomic E-state index is 13.7. The van der Waals surface area contributed by atoms with Gasteiger partial charge in [0.05, 0.1) is 17.9 Å². The van der Waals surface area contributed by atoms with Gasteiger partial charge in [0.2, 0.25) is 0 Å². The van der Waals surface area contributed by atoms with Crippen LogP contribution >= 0.6 is 0 Å². The van der Waals surface area contributed by atoms with Crippen molar-refractivity contribution in [3.8, 4) is 5.75 Å². The number of likely N-dealkylation sites (N-methyl/N-ethyl adjacent to an activating group) is 1. The van der Waals surface area contributed by atoms with Gasteiger partial charge in [-0.05, 0) is 55.7 Å². The Hall–Kier alpha value is -3.93. The Balaban J connectivity index is 1.73. The molecule has 2 amide bonds. The summed E-state index contributed by atoms with van der Waals surface area (Å²) in [5.41, 5.74) is 3.23. The molecule has 0 unspecified atom stereocenters. The van der Waals surface area contributed by atoms with Crippen molar-refractivity contribution in [2.45, 2.75) is 20.3 Å². The molecule has 3 aromatic rings. The number of nitrogens with zero attached hydrogens (tertiary/aromatic N) is 3. The maximum atomic E-state index is 13.7. The number of amides is 2. The number of imide groups is 1. The van der Waals surface area contributed by atoms with E-state index in [1.165, 1.54) is 4.90 Å². The van der Waals surface area contributed by atoms with Gasteiger partial charge in [-0.3, -0.25) is 14.6 Å². The van der Waals surface area contributed by atoms with Crippen LogP contribution in [0.15, 0.2) is 84.8 Å². The lowest BCUT2D eigenvalue weighted by Crippen LogP contribution is -2.36. The first kappa shape index (κ1) is 22.3. The highest BCUT2D eigenvalue weighted by molar-refractivity contribution is 6.45. The Morgan fingerprint density at radius 1 is 0.909 bits per heavy atom. The predicted octanol–water partition coefficient (Wildman–Crippen LogP) is 4.33. The van der Waals surface area contributed by atoms with Gasteiger partial charge < -0.3 is 9.64 Å². The lowest BCUT2D eigenvalue weighted by molar-refractivity contribution is -0.120. The molecule has 0 saturated carbocycles. The van der Waals surface area contributed by atoms with E-state index in [1.807, 2.05) is 67.3 Å². The molecule has 2 aromatic carbocycles. The molecule has 0 N–H and O–H groups in total. The summed E-state index contributed by atoms with van der Waals surface area (Å²) in [6, 6.07) is 20.4. The first-order chi connectivity index (χ1) is 16.1. The zero-order valence-corrected chi connectivity index (χ0v) is 18.9. The first-order valence-electron chi connectivity index (χ1n) is 11.2. The van der Waals surface area contributed by atoms with Crippen LogP contribution < -0.4 is 9.64 Å². The van der Waals surface area contributed by atoms with Crippen LogP contribution in [0, 0.1) is 0 Å². The third kappa shape index (κ3) is 4.65. The van der Waals surface area contributed by atoms with E-state index in [2.05, 4.69) is 4.98 Å². The topological polar surface area (TPSA) is 62.7 Å². The molecule has 6 nitrogen and oxygen atoms in total. The van der Waals surface area contributed by atoms with Crippen LogP contribution in [0.4, 0.5) is 5.69 Å². The zero-order valence-electron chi connectivity index (χ0n) is 18.9. The van der Waals surface area contributed by atoms with Crippen molar-refractivity contribution in [1.82, 2.24) is 9.88 Å². The summed E-state index contributed by atoms with van der Waals surface area (Å²) in [5.74, 6) is -0.0170. The first-order valence-corrected chi connectivity index (χ1v) is 11.2. The van der Waals surface area contributed by atoms with E-state index in [0.29, 0.717) is 42.4 Å². The summed E-state index contributed by atoms with van der Waals surface area (Å²) in [6.45, 7) is 5.61. The van der Waals surface area contributed by atoms with Crippen molar-refractivity contribution in [3.05, 3.63) is 95.9 Å². The van der Waals surface area contributed by atoms with E-state index in [0.717, 1.165) is 17.5 Å². The van der Waals surface area contributed by atoms with Gasteiger partial charge in [0.25, 0.3) is 11.8 Å². The highest BCUT2D eigenvalue weighted by Crippen LogP contribution is 2.35. The van der Waals surface area contributed by atoms with Crippen molar-refractivity contribution in [1.29, 1.82) is 0 Å². The quantitative estimate of drug-likeness (QED) is 0.463. The summed E-state index contributed by atoms with van der Waals surface area (Å²) >= 11 is 0. The van der Waals surface area contributed by atoms with Crippen LogP contribution in [0.2, 0.25) is 0 Å². The van der Waals surface area contributed by atoms with Crippen molar-refractivity contribution in [2.75, 3.05) is 24.6 Å².